The number of hydrogen-bond donors (Lipinski definition) is 0. The van der Waals surface area contributed by atoms with E-state index < -0.39 is 0 Å². The zero-order valence-electron chi connectivity index (χ0n) is 35.2. The summed E-state index contributed by atoms with van der Waals surface area (Å²) in [5, 5.41) is 10.1. The van der Waals surface area contributed by atoms with Crippen LogP contribution >= 0.6 is 0 Å². The molecule has 0 nitrogen and oxygen atoms in total. The van der Waals surface area contributed by atoms with Gasteiger partial charge in [-0.15, -0.1) is 0 Å². The second-order valence-electron chi connectivity index (χ2n) is 16.7. The predicted molar refractivity (Wildman–Crippen MR) is 275 cm³/mol. The van der Waals surface area contributed by atoms with Crippen LogP contribution < -0.4 is 0 Å². The van der Waals surface area contributed by atoms with Gasteiger partial charge in [-0.25, -0.2) is 0 Å². The molecule has 12 rings (SSSR count). The lowest BCUT2D eigenvalue weighted by molar-refractivity contribution is 1.59. The molecule has 0 N–H and O–H groups in total. The first-order valence-electron chi connectivity index (χ1n) is 22.2. The molecule has 64 heavy (non-hydrogen) atoms. The van der Waals surface area contributed by atoms with E-state index in [1.54, 1.807) is 0 Å². The third-order valence-electron chi connectivity index (χ3n) is 13.1. The van der Waals surface area contributed by atoms with Gasteiger partial charge in [0.15, 0.2) is 0 Å². The van der Waals surface area contributed by atoms with E-state index in [9.17, 15) is 0 Å². The Hall–Kier alpha value is -8.32. The molecule has 0 aromatic heterocycles. The van der Waals surface area contributed by atoms with Gasteiger partial charge in [-0.1, -0.05) is 243 Å². The monoisotopic (exact) mass is 810 g/mol. The smallest absolute Gasteiger partial charge is 0.00262 e. The summed E-state index contributed by atoms with van der Waals surface area (Å²) in [4.78, 5) is 0. The van der Waals surface area contributed by atoms with Gasteiger partial charge in [-0.05, 0) is 133 Å². The van der Waals surface area contributed by atoms with Crippen LogP contribution in [0.25, 0.3) is 121 Å². The Kier molecular flexibility index (Phi) is 9.28. The van der Waals surface area contributed by atoms with E-state index in [-0.39, 0.29) is 0 Å². The molecule has 0 heteroatoms. The highest BCUT2D eigenvalue weighted by molar-refractivity contribution is 6.23. The van der Waals surface area contributed by atoms with Crippen LogP contribution in [0.4, 0.5) is 0 Å². The van der Waals surface area contributed by atoms with Gasteiger partial charge < -0.3 is 0 Å². The van der Waals surface area contributed by atoms with Crippen molar-refractivity contribution in [3.05, 3.63) is 255 Å². The van der Waals surface area contributed by atoms with Gasteiger partial charge in [0.05, 0.1) is 0 Å². The van der Waals surface area contributed by atoms with Crippen molar-refractivity contribution in [2.75, 3.05) is 0 Å². The topological polar surface area (TPSA) is 0 Å². The molecule has 12 aromatic rings. The zero-order valence-corrected chi connectivity index (χ0v) is 35.2. The van der Waals surface area contributed by atoms with Crippen LogP contribution in [-0.4, -0.2) is 0 Å². The molecule has 0 amide bonds. The van der Waals surface area contributed by atoms with Crippen molar-refractivity contribution in [2.24, 2.45) is 0 Å². The fourth-order valence-corrected chi connectivity index (χ4v) is 10.1. The van der Waals surface area contributed by atoms with Crippen LogP contribution in [0.5, 0.6) is 0 Å². The first-order chi connectivity index (χ1) is 31.8. The van der Waals surface area contributed by atoms with E-state index in [2.05, 4.69) is 255 Å². The molecule has 0 aliphatic rings. The summed E-state index contributed by atoms with van der Waals surface area (Å²) in [5.74, 6) is 0. The Labute approximate surface area is 374 Å². The van der Waals surface area contributed by atoms with Crippen molar-refractivity contribution in [1.82, 2.24) is 0 Å². The maximum atomic E-state index is 2.40. The van der Waals surface area contributed by atoms with E-state index in [0.29, 0.717) is 0 Å². The number of benzene rings is 12. The predicted octanol–water partition coefficient (Wildman–Crippen LogP) is 18.0. The molecule has 0 saturated carbocycles. The van der Waals surface area contributed by atoms with Crippen molar-refractivity contribution in [1.29, 1.82) is 0 Å². The summed E-state index contributed by atoms with van der Waals surface area (Å²) in [6.45, 7) is 0. The van der Waals surface area contributed by atoms with E-state index in [4.69, 9.17) is 0 Å². The van der Waals surface area contributed by atoms with Gasteiger partial charge in [0.1, 0.15) is 0 Å². The van der Waals surface area contributed by atoms with Gasteiger partial charge in [0, 0.05) is 0 Å². The summed E-state index contributed by atoms with van der Waals surface area (Å²) < 4.78 is 0. The molecule has 0 spiro atoms. The van der Waals surface area contributed by atoms with E-state index in [1.165, 1.54) is 121 Å². The minimum atomic E-state index is 1.20. The lowest BCUT2D eigenvalue weighted by Crippen LogP contribution is -1.91. The Morgan fingerprint density at radius 1 is 0.125 bits per heavy atom. The molecule has 0 radical (unpaired) electrons. The van der Waals surface area contributed by atoms with Crippen LogP contribution in [-0.2, 0) is 0 Å². The number of fused-ring (bicyclic) bond motifs is 4. The summed E-state index contributed by atoms with van der Waals surface area (Å²) >= 11 is 0. The van der Waals surface area contributed by atoms with Crippen LogP contribution in [0.3, 0.4) is 0 Å². The fraction of sp³-hybridized carbons (Fsp3) is 0. The van der Waals surface area contributed by atoms with Gasteiger partial charge in [-0.3, -0.25) is 0 Å². The van der Waals surface area contributed by atoms with Crippen LogP contribution in [0.1, 0.15) is 0 Å². The molecule has 298 valence electrons. The number of rotatable bonds is 7. The lowest BCUT2D eigenvalue weighted by atomic mass is 9.84. The number of hydrogen-bond acceptors (Lipinski definition) is 0. The normalized spacial score (nSPS) is 11.4. The van der Waals surface area contributed by atoms with E-state index in [1.807, 2.05) is 0 Å². The highest BCUT2D eigenvalue weighted by Crippen LogP contribution is 2.47. The minimum absolute atomic E-state index is 1.20. The van der Waals surface area contributed by atoms with Crippen molar-refractivity contribution in [3.63, 3.8) is 0 Å². The first-order valence-corrected chi connectivity index (χ1v) is 22.2. The maximum absolute atomic E-state index is 2.40. The maximum Gasteiger partial charge on any atom is -0.00262 e. The van der Waals surface area contributed by atoms with Crippen LogP contribution in [0, 0.1) is 0 Å². The molecular weight excluding hydrogens is 769 g/mol. The average Bonchev–Trinajstić information content (AvgIpc) is 3.38. The summed E-state index contributed by atoms with van der Waals surface area (Å²) in [5.41, 5.74) is 17.2. The molecule has 12 aromatic carbocycles. The Morgan fingerprint density at radius 2 is 0.328 bits per heavy atom. The van der Waals surface area contributed by atoms with Gasteiger partial charge in [-0.2, -0.15) is 0 Å². The minimum Gasteiger partial charge on any atom is -0.0622 e. The van der Waals surface area contributed by atoms with Crippen molar-refractivity contribution in [3.8, 4) is 77.9 Å². The summed E-state index contributed by atoms with van der Waals surface area (Å²) in [6, 6.07) is 93.3. The second kappa shape index (κ2) is 15.9. The Morgan fingerprint density at radius 3 is 0.609 bits per heavy atom. The molecule has 0 heterocycles. The van der Waals surface area contributed by atoms with Gasteiger partial charge >= 0.3 is 0 Å². The van der Waals surface area contributed by atoms with E-state index >= 15 is 0 Å². The third kappa shape index (κ3) is 6.48. The fourth-order valence-electron chi connectivity index (χ4n) is 10.1. The summed E-state index contributed by atoms with van der Waals surface area (Å²) in [6.07, 6.45) is 0. The molecular formula is C64H42. The quantitative estimate of drug-likeness (QED) is 0.141. The van der Waals surface area contributed by atoms with E-state index in [0.717, 1.165) is 0 Å². The molecule has 0 unspecified atom stereocenters. The van der Waals surface area contributed by atoms with Crippen molar-refractivity contribution >= 4 is 43.1 Å². The standard InChI is InChI=1S/C64H42/c1-5-17-47(18-6-1)61-53-25-13-15-27-55(53)63(49-21-9-3-10-22-49)59-41-51(37-39-57(59)61)45-33-29-43(30-34-45)44-31-35-46(36-32-44)52-38-40-58-60(42-52)64(50-23-11-4-12-24-50)56-28-16-14-26-54(56)62(58)48-19-7-2-8-20-48/h1-42H. The molecule has 0 fully saturated rings. The largest absolute Gasteiger partial charge is 0.0622 e. The summed E-state index contributed by atoms with van der Waals surface area (Å²) in [7, 11) is 0. The van der Waals surface area contributed by atoms with Gasteiger partial charge in [0.25, 0.3) is 0 Å². The van der Waals surface area contributed by atoms with Crippen LogP contribution in [0.15, 0.2) is 255 Å². The first kappa shape index (κ1) is 37.4. The second-order valence-corrected chi connectivity index (χ2v) is 16.7. The highest BCUT2D eigenvalue weighted by atomic mass is 14.2. The molecule has 0 aliphatic carbocycles. The SMILES string of the molecule is c1ccc(-c2c3ccccc3c(-c3ccccc3)c3cc(-c4ccc(-c5ccc(-c6ccc7c(-c8ccccc8)c8ccccc8c(-c8ccccc8)c7c6)cc5)cc4)ccc23)cc1. The van der Waals surface area contributed by atoms with Crippen molar-refractivity contribution < 1.29 is 0 Å². The van der Waals surface area contributed by atoms with Gasteiger partial charge in [0.2, 0.25) is 0 Å². The zero-order chi connectivity index (χ0) is 42.4. The Balaban J connectivity index is 0.925. The molecule has 0 aliphatic heterocycles. The molecule has 0 bridgehead atoms. The lowest BCUT2D eigenvalue weighted by Gasteiger charge is -2.19. The molecule has 0 saturated heterocycles. The third-order valence-corrected chi connectivity index (χ3v) is 13.1. The molecule has 0 atom stereocenters. The van der Waals surface area contributed by atoms with Crippen molar-refractivity contribution in [2.45, 2.75) is 0 Å². The highest BCUT2D eigenvalue weighted by Gasteiger charge is 2.19. The van der Waals surface area contributed by atoms with Crippen LogP contribution in [0.2, 0.25) is 0 Å². The Bertz CT molecular complexity index is 3400. The average molecular weight is 811 g/mol.